The first kappa shape index (κ1) is 13.3. The zero-order valence-corrected chi connectivity index (χ0v) is 10.8. The van der Waals surface area contributed by atoms with Gasteiger partial charge in [-0.1, -0.05) is 31.5 Å². The van der Waals surface area contributed by atoms with Crippen molar-refractivity contribution in [3.8, 4) is 5.75 Å². The summed E-state index contributed by atoms with van der Waals surface area (Å²) in [4.78, 5) is 0. The first-order valence-corrected chi connectivity index (χ1v) is 6.00. The number of hydrogen-bond donors (Lipinski definition) is 1. The Morgan fingerprint density at radius 2 is 1.94 bits per heavy atom. The number of hydrogen-bond acceptors (Lipinski definition) is 2. The zero-order valence-electron chi connectivity index (χ0n) is 10.1. The van der Waals surface area contributed by atoms with E-state index < -0.39 is 5.60 Å². The molecule has 0 atom stereocenters. The molecule has 0 aliphatic carbocycles. The summed E-state index contributed by atoms with van der Waals surface area (Å²) in [6, 6.07) is 5.63. The van der Waals surface area contributed by atoms with Gasteiger partial charge in [0.2, 0.25) is 0 Å². The van der Waals surface area contributed by atoms with Gasteiger partial charge in [-0.2, -0.15) is 0 Å². The third kappa shape index (κ3) is 3.39. The van der Waals surface area contributed by atoms with Crippen LogP contribution in [0.15, 0.2) is 18.2 Å². The number of benzene rings is 1. The molecule has 0 fully saturated rings. The topological polar surface area (TPSA) is 29.5 Å². The summed E-state index contributed by atoms with van der Waals surface area (Å²) in [7, 11) is 0. The molecule has 3 heteroatoms. The first-order chi connectivity index (χ1) is 7.50. The van der Waals surface area contributed by atoms with E-state index in [9.17, 15) is 5.11 Å². The van der Waals surface area contributed by atoms with E-state index in [2.05, 4.69) is 0 Å². The van der Waals surface area contributed by atoms with E-state index in [1.807, 2.05) is 39.0 Å². The molecule has 0 heterocycles. The second kappa shape index (κ2) is 5.55. The Labute approximate surface area is 102 Å². The van der Waals surface area contributed by atoms with Crippen molar-refractivity contribution >= 4 is 11.6 Å². The molecule has 0 amide bonds. The Hall–Kier alpha value is -0.730. The molecule has 0 aliphatic heterocycles. The molecular formula is C13H19ClO2. The van der Waals surface area contributed by atoms with Crippen molar-refractivity contribution in [3.63, 3.8) is 0 Å². The van der Waals surface area contributed by atoms with E-state index in [1.165, 1.54) is 0 Å². The Balaban J connectivity index is 2.67. The lowest BCUT2D eigenvalue weighted by Crippen LogP contribution is -2.34. The highest BCUT2D eigenvalue weighted by molar-refractivity contribution is 6.32. The van der Waals surface area contributed by atoms with E-state index in [0.29, 0.717) is 23.6 Å². The van der Waals surface area contributed by atoms with Crippen molar-refractivity contribution in [1.29, 1.82) is 0 Å². The summed E-state index contributed by atoms with van der Waals surface area (Å²) in [5.74, 6) is 0.632. The van der Waals surface area contributed by atoms with Gasteiger partial charge in [0, 0.05) is 0 Å². The summed E-state index contributed by atoms with van der Waals surface area (Å²) in [5.41, 5.74) is 0.340. The van der Waals surface area contributed by atoms with Gasteiger partial charge in [-0.25, -0.2) is 0 Å². The summed E-state index contributed by atoms with van der Waals surface area (Å²) >= 11 is 6.04. The van der Waals surface area contributed by atoms with Gasteiger partial charge in [-0.3, -0.25) is 0 Å². The van der Waals surface area contributed by atoms with E-state index in [-0.39, 0.29) is 6.61 Å². The minimum Gasteiger partial charge on any atom is -0.489 e. The van der Waals surface area contributed by atoms with Gasteiger partial charge in [0.1, 0.15) is 12.4 Å². The molecular weight excluding hydrogens is 224 g/mol. The van der Waals surface area contributed by atoms with Crippen molar-refractivity contribution in [2.45, 2.75) is 39.2 Å². The molecule has 1 aromatic rings. The maximum absolute atomic E-state index is 10.1. The number of aliphatic hydroxyl groups is 1. The van der Waals surface area contributed by atoms with Crippen molar-refractivity contribution in [2.24, 2.45) is 0 Å². The number of rotatable bonds is 5. The highest BCUT2D eigenvalue weighted by atomic mass is 35.5. The SMILES string of the molecule is CCC(O)(CC)COc1ccc(C)cc1Cl. The first-order valence-electron chi connectivity index (χ1n) is 5.62. The summed E-state index contributed by atoms with van der Waals surface area (Å²) in [6.45, 7) is 6.15. The van der Waals surface area contributed by atoms with Crippen LogP contribution >= 0.6 is 11.6 Å². The lowest BCUT2D eigenvalue weighted by molar-refractivity contribution is -0.0113. The van der Waals surface area contributed by atoms with Crippen LogP contribution in [0.1, 0.15) is 32.3 Å². The molecule has 0 saturated heterocycles. The minimum absolute atomic E-state index is 0.281. The molecule has 90 valence electrons. The van der Waals surface area contributed by atoms with Gasteiger partial charge in [-0.15, -0.1) is 0 Å². The fourth-order valence-electron chi connectivity index (χ4n) is 1.39. The lowest BCUT2D eigenvalue weighted by Gasteiger charge is -2.25. The predicted octanol–water partition coefficient (Wildman–Crippen LogP) is 3.58. The van der Waals surface area contributed by atoms with Crippen LogP contribution in [0.2, 0.25) is 5.02 Å². The fourth-order valence-corrected chi connectivity index (χ4v) is 1.68. The molecule has 1 aromatic carbocycles. The number of halogens is 1. The average molecular weight is 243 g/mol. The monoisotopic (exact) mass is 242 g/mol. The second-order valence-electron chi connectivity index (χ2n) is 4.15. The normalized spacial score (nSPS) is 11.6. The Morgan fingerprint density at radius 3 is 2.44 bits per heavy atom. The fraction of sp³-hybridized carbons (Fsp3) is 0.538. The van der Waals surface area contributed by atoms with Gasteiger partial charge in [0.25, 0.3) is 0 Å². The van der Waals surface area contributed by atoms with E-state index >= 15 is 0 Å². The molecule has 0 saturated carbocycles. The molecule has 0 aliphatic rings. The standard InChI is InChI=1S/C13H19ClO2/c1-4-13(15,5-2)9-16-12-7-6-10(3)8-11(12)14/h6-8,15H,4-5,9H2,1-3H3. The highest BCUT2D eigenvalue weighted by Crippen LogP contribution is 2.26. The molecule has 2 nitrogen and oxygen atoms in total. The highest BCUT2D eigenvalue weighted by Gasteiger charge is 2.23. The van der Waals surface area contributed by atoms with Crippen molar-refractivity contribution < 1.29 is 9.84 Å². The Kier molecular flexibility index (Phi) is 4.63. The lowest BCUT2D eigenvalue weighted by atomic mass is 9.99. The maximum Gasteiger partial charge on any atom is 0.138 e. The van der Waals surface area contributed by atoms with Crippen LogP contribution in [0.5, 0.6) is 5.75 Å². The summed E-state index contributed by atoms with van der Waals surface area (Å²) in [6.07, 6.45) is 1.35. The summed E-state index contributed by atoms with van der Waals surface area (Å²) < 4.78 is 5.56. The number of aryl methyl sites for hydroxylation is 1. The molecule has 0 unspecified atom stereocenters. The maximum atomic E-state index is 10.1. The Bertz CT molecular complexity index is 346. The van der Waals surface area contributed by atoms with Crippen LogP contribution in [-0.2, 0) is 0 Å². The molecule has 1 rings (SSSR count). The Morgan fingerprint density at radius 1 is 1.31 bits per heavy atom. The smallest absolute Gasteiger partial charge is 0.138 e. The van der Waals surface area contributed by atoms with Crippen LogP contribution in [0.3, 0.4) is 0 Å². The van der Waals surface area contributed by atoms with Gasteiger partial charge in [0.05, 0.1) is 10.6 Å². The second-order valence-corrected chi connectivity index (χ2v) is 4.56. The van der Waals surface area contributed by atoms with Gasteiger partial charge < -0.3 is 9.84 Å². The third-order valence-corrected chi connectivity index (χ3v) is 3.20. The number of ether oxygens (including phenoxy) is 1. The van der Waals surface area contributed by atoms with Gasteiger partial charge >= 0.3 is 0 Å². The van der Waals surface area contributed by atoms with E-state index in [4.69, 9.17) is 16.3 Å². The van der Waals surface area contributed by atoms with Crippen LogP contribution < -0.4 is 4.74 Å². The van der Waals surface area contributed by atoms with Crippen molar-refractivity contribution in [1.82, 2.24) is 0 Å². The quantitative estimate of drug-likeness (QED) is 0.855. The largest absolute Gasteiger partial charge is 0.489 e. The summed E-state index contributed by atoms with van der Waals surface area (Å²) in [5, 5.41) is 10.7. The van der Waals surface area contributed by atoms with Crippen molar-refractivity contribution in [2.75, 3.05) is 6.61 Å². The predicted molar refractivity (Wildman–Crippen MR) is 67.2 cm³/mol. The zero-order chi connectivity index (χ0) is 12.2. The molecule has 16 heavy (non-hydrogen) atoms. The van der Waals surface area contributed by atoms with Crippen LogP contribution in [-0.4, -0.2) is 17.3 Å². The average Bonchev–Trinajstić information content (AvgIpc) is 2.27. The van der Waals surface area contributed by atoms with E-state index in [1.54, 1.807) is 0 Å². The molecule has 0 spiro atoms. The molecule has 0 aromatic heterocycles. The molecule has 0 bridgehead atoms. The van der Waals surface area contributed by atoms with E-state index in [0.717, 1.165) is 5.56 Å². The van der Waals surface area contributed by atoms with Gasteiger partial charge in [-0.05, 0) is 37.5 Å². The molecule has 1 N–H and O–H groups in total. The molecule has 0 radical (unpaired) electrons. The van der Waals surface area contributed by atoms with Crippen LogP contribution in [0, 0.1) is 6.92 Å². The minimum atomic E-state index is -0.756. The third-order valence-electron chi connectivity index (χ3n) is 2.90. The van der Waals surface area contributed by atoms with Crippen molar-refractivity contribution in [3.05, 3.63) is 28.8 Å². The van der Waals surface area contributed by atoms with Crippen LogP contribution in [0.25, 0.3) is 0 Å². The van der Waals surface area contributed by atoms with Crippen LogP contribution in [0.4, 0.5) is 0 Å². The van der Waals surface area contributed by atoms with Gasteiger partial charge in [0.15, 0.2) is 0 Å².